The molecule has 2 aromatic carbocycles. The molecule has 1 N–H and O–H groups in total. The molecule has 0 aliphatic carbocycles. The molecule has 4 aromatic rings. The van der Waals surface area contributed by atoms with E-state index in [4.69, 9.17) is 18.7 Å². The van der Waals surface area contributed by atoms with Gasteiger partial charge in [0.15, 0.2) is 12.0 Å². The van der Waals surface area contributed by atoms with Gasteiger partial charge >= 0.3 is 0 Å². The maximum atomic E-state index is 10.5. The van der Waals surface area contributed by atoms with Gasteiger partial charge in [-0.3, -0.25) is 9.80 Å². The number of aromatic nitrogens is 2. The molecular weight excluding hydrogens is 492 g/mol. The highest BCUT2D eigenvalue weighted by Crippen LogP contribution is 2.33. The molecule has 10 heteroatoms. The van der Waals surface area contributed by atoms with Crippen LogP contribution < -0.4 is 14.2 Å². The molecule has 37 heavy (non-hydrogen) atoms. The number of fused-ring (bicyclic) bond motifs is 1. The monoisotopic (exact) mass is 524 g/mol. The molecular formula is C27H32N4O5S. The van der Waals surface area contributed by atoms with Gasteiger partial charge in [0.1, 0.15) is 29.0 Å². The first-order valence-corrected chi connectivity index (χ1v) is 13.1. The second-order valence-corrected chi connectivity index (χ2v) is 10.4. The summed E-state index contributed by atoms with van der Waals surface area (Å²) in [5.41, 5.74) is 2.50. The number of ether oxygens (including phenoxy) is 3. The van der Waals surface area contributed by atoms with Crippen LogP contribution in [0.2, 0.25) is 0 Å². The van der Waals surface area contributed by atoms with Crippen molar-refractivity contribution in [2.75, 3.05) is 40.4 Å². The largest absolute Gasteiger partial charge is 0.497 e. The Labute approximate surface area is 220 Å². The molecule has 0 spiro atoms. The van der Waals surface area contributed by atoms with Gasteiger partial charge in [0.05, 0.1) is 36.0 Å². The Morgan fingerprint density at radius 1 is 1.03 bits per heavy atom. The topological polar surface area (TPSA) is 93.3 Å². The van der Waals surface area contributed by atoms with Gasteiger partial charge in [-0.15, -0.1) is 11.3 Å². The minimum atomic E-state index is -0.643. The lowest BCUT2D eigenvalue weighted by atomic mass is 10.1. The van der Waals surface area contributed by atoms with Gasteiger partial charge in [0, 0.05) is 49.9 Å². The summed E-state index contributed by atoms with van der Waals surface area (Å²) in [5.74, 6) is 2.91. The normalized spacial score (nSPS) is 16.6. The molecule has 0 bridgehead atoms. The van der Waals surface area contributed by atoms with Gasteiger partial charge in [-0.2, -0.15) is 0 Å². The second-order valence-electron chi connectivity index (χ2n) is 9.17. The van der Waals surface area contributed by atoms with E-state index in [9.17, 15) is 5.11 Å². The number of rotatable bonds is 9. The molecule has 1 saturated heterocycles. The standard InChI is InChI=1S/C27H32N4O5S/c1-17(32)27(35-20-6-8-26-24(13-20)28-18(2)37-26)31-11-9-30(10-12-31)16-21-14-23(29-36-21)22-7-5-19(33-3)15-25(22)34-4/h5-8,13-15,17,27,32H,9-12,16H2,1-4H3/t17-,27?/m0/s1. The summed E-state index contributed by atoms with van der Waals surface area (Å²) in [7, 11) is 3.25. The Bertz CT molecular complexity index is 1350. The highest BCUT2D eigenvalue weighted by Gasteiger charge is 2.29. The summed E-state index contributed by atoms with van der Waals surface area (Å²) in [5, 5.41) is 15.8. The minimum Gasteiger partial charge on any atom is -0.497 e. The fourth-order valence-electron chi connectivity index (χ4n) is 4.63. The molecule has 0 saturated carbocycles. The van der Waals surface area contributed by atoms with E-state index in [2.05, 4.69) is 19.9 Å². The SMILES string of the molecule is COc1ccc(-c2cc(CN3CCN(C(Oc4ccc5sc(C)nc5c4)[C@H](C)O)CC3)on2)c(OC)c1. The first kappa shape index (κ1) is 25.5. The highest BCUT2D eigenvalue weighted by molar-refractivity contribution is 7.18. The van der Waals surface area contributed by atoms with Crippen LogP contribution in [-0.2, 0) is 6.54 Å². The number of hydrogen-bond donors (Lipinski definition) is 1. The van der Waals surface area contributed by atoms with Gasteiger partial charge in [0.25, 0.3) is 0 Å². The molecule has 5 rings (SSSR count). The van der Waals surface area contributed by atoms with Crippen LogP contribution in [0.15, 0.2) is 47.0 Å². The summed E-state index contributed by atoms with van der Waals surface area (Å²) in [4.78, 5) is 9.06. The van der Waals surface area contributed by atoms with Crippen LogP contribution in [0.3, 0.4) is 0 Å². The number of aliphatic hydroxyl groups is 1. The molecule has 196 valence electrons. The number of benzene rings is 2. The van der Waals surface area contributed by atoms with Crippen molar-refractivity contribution in [2.45, 2.75) is 32.7 Å². The van der Waals surface area contributed by atoms with Crippen LogP contribution in [-0.4, -0.2) is 77.8 Å². The van der Waals surface area contributed by atoms with Crippen LogP contribution in [0.25, 0.3) is 21.5 Å². The minimum absolute atomic E-state index is 0.432. The predicted octanol–water partition coefficient (Wildman–Crippen LogP) is 4.18. The summed E-state index contributed by atoms with van der Waals surface area (Å²) >= 11 is 1.66. The maximum absolute atomic E-state index is 10.5. The number of aryl methyl sites for hydroxylation is 1. The zero-order valence-corrected chi connectivity index (χ0v) is 22.3. The fraction of sp³-hybridized carbons (Fsp3) is 0.407. The predicted molar refractivity (Wildman–Crippen MR) is 142 cm³/mol. The molecule has 9 nitrogen and oxygen atoms in total. The van der Waals surface area contributed by atoms with Crippen LogP contribution in [0.4, 0.5) is 0 Å². The molecule has 1 aliphatic heterocycles. The van der Waals surface area contributed by atoms with Gasteiger partial charge in [-0.25, -0.2) is 4.98 Å². The average molecular weight is 525 g/mol. The Kier molecular flexibility index (Phi) is 7.61. The van der Waals surface area contributed by atoms with Gasteiger partial charge in [-0.05, 0) is 38.1 Å². The van der Waals surface area contributed by atoms with Gasteiger partial charge in [0.2, 0.25) is 0 Å². The van der Waals surface area contributed by atoms with E-state index in [0.717, 1.165) is 64.2 Å². The number of methoxy groups -OCH3 is 2. The summed E-state index contributed by atoms with van der Waals surface area (Å²) in [6.45, 7) is 7.59. The quantitative estimate of drug-likeness (QED) is 0.346. The number of nitrogens with zero attached hydrogens (tertiary/aromatic N) is 4. The zero-order chi connectivity index (χ0) is 25.9. The lowest BCUT2D eigenvalue weighted by molar-refractivity contribution is -0.0756. The lowest BCUT2D eigenvalue weighted by Gasteiger charge is -2.39. The van der Waals surface area contributed by atoms with Crippen LogP contribution in [0.5, 0.6) is 17.2 Å². The van der Waals surface area contributed by atoms with E-state index >= 15 is 0 Å². The maximum Gasteiger partial charge on any atom is 0.178 e. The van der Waals surface area contributed by atoms with Crippen LogP contribution >= 0.6 is 11.3 Å². The Morgan fingerprint density at radius 2 is 1.81 bits per heavy atom. The van der Waals surface area contributed by atoms with E-state index in [1.54, 1.807) is 32.5 Å². The summed E-state index contributed by atoms with van der Waals surface area (Å²) < 4.78 is 23.8. The second kappa shape index (κ2) is 11.1. The fourth-order valence-corrected chi connectivity index (χ4v) is 5.44. The number of piperazine rings is 1. The zero-order valence-electron chi connectivity index (χ0n) is 21.5. The van der Waals surface area contributed by atoms with Crippen molar-refractivity contribution in [3.05, 3.63) is 53.2 Å². The van der Waals surface area contributed by atoms with Crippen molar-refractivity contribution in [2.24, 2.45) is 0 Å². The highest BCUT2D eigenvalue weighted by atomic mass is 32.1. The Morgan fingerprint density at radius 3 is 2.54 bits per heavy atom. The Balaban J connectivity index is 1.20. The van der Waals surface area contributed by atoms with Crippen LogP contribution in [0.1, 0.15) is 17.7 Å². The smallest absolute Gasteiger partial charge is 0.178 e. The van der Waals surface area contributed by atoms with Gasteiger partial charge in [-0.1, -0.05) is 5.16 Å². The van der Waals surface area contributed by atoms with E-state index in [1.807, 2.05) is 49.4 Å². The summed E-state index contributed by atoms with van der Waals surface area (Å²) in [6.07, 6.45) is -1.07. The third-order valence-corrected chi connectivity index (χ3v) is 7.48. The van der Waals surface area contributed by atoms with Crippen molar-refractivity contribution >= 4 is 21.6 Å². The van der Waals surface area contributed by atoms with E-state index < -0.39 is 12.3 Å². The van der Waals surface area contributed by atoms with Crippen molar-refractivity contribution in [3.63, 3.8) is 0 Å². The lowest BCUT2D eigenvalue weighted by Crippen LogP contribution is -2.55. The van der Waals surface area contributed by atoms with Crippen molar-refractivity contribution < 1.29 is 23.8 Å². The molecule has 2 atom stereocenters. The molecule has 0 amide bonds. The number of thiazole rings is 1. The van der Waals surface area contributed by atoms with Crippen LogP contribution in [0, 0.1) is 6.92 Å². The van der Waals surface area contributed by atoms with Crippen molar-refractivity contribution in [1.29, 1.82) is 0 Å². The first-order chi connectivity index (χ1) is 17.9. The summed E-state index contributed by atoms with van der Waals surface area (Å²) in [6, 6.07) is 13.5. The van der Waals surface area contributed by atoms with E-state index in [1.165, 1.54) is 0 Å². The Hall–Kier alpha value is -3.18. The van der Waals surface area contributed by atoms with Crippen molar-refractivity contribution in [3.8, 4) is 28.5 Å². The van der Waals surface area contributed by atoms with E-state index in [0.29, 0.717) is 18.0 Å². The van der Waals surface area contributed by atoms with E-state index in [-0.39, 0.29) is 0 Å². The number of aliphatic hydroxyl groups excluding tert-OH is 1. The molecule has 3 heterocycles. The first-order valence-electron chi connectivity index (χ1n) is 12.3. The average Bonchev–Trinajstić information content (AvgIpc) is 3.52. The number of hydrogen-bond acceptors (Lipinski definition) is 10. The van der Waals surface area contributed by atoms with Crippen molar-refractivity contribution in [1.82, 2.24) is 19.9 Å². The molecule has 1 fully saturated rings. The molecule has 2 aromatic heterocycles. The van der Waals surface area contributed by atoms with Gasteiger partial charge < -0.3 is 23.8 Å². The third kappa shape index (κ3) is 5.72. The molecule has 1 unspecified atom stereocenters. The molecule has 1 aliphatic rings. The molecule has 0 radical (unpaired) electrons. The third-order valence-electron chi connectivity index (χ3n) is 6.53.